The number of aromatic nitrogens is 5. The van der Waals surface area contributed by atoms with Crippen molar-refractivity contribution in [2.45, 2.75) is 31.7 Å². The van der Waals surface area contributed by atoms with Crippen LogP contribution in [0.3, 0.4) is 0 Å². The van der Waals surface area contributed by atoms with Crippen molar-refractivity contribution in [3.8, 4) is 16.9 Å². The molecule has 2 aliphatic heterocycles. The quantitative estimate of drug-likeness (QED) is 0.261. The van der Waals surface area contributed by atoms with E-state index in [1.54, 1.807) is 37.8 Å². The minimum atomic E-state index is -0.290. The molecule has 5 aromatic rings. The number of fused-ring (bicyclic) bond motifs is 3. The molecule has 12 nitrogen and oxygen atoms in total. The van der Waals surface area contributed by atoms with E-state index < -0.39 is 0 Å². The van der Waals surface area contributed by atoms with E-state index in [1.807, 2.05) is 18.3 Å². The van der Waals surface area contributed by atoms with E-state index in [0.29, 0.717) is 39.7 Å². The molecule has 47 heavy (non-hydrogen) atoms. The fourth-order valence-electron chi connectivity index (χ4n) is 6.81. The highest BCUT2D eigenvalue weighted by Crippen LogP contribution is 2.35. The summed E-state index contributed by atoms with van der Waals surface area (Å²) in [6.07, 6.45) is 11.6. The van der Waals surface area contributed by atoms with Crippen LogP contribution >= 0.6 is 11.3 Å². The first-order valence-electron chi connectivity index (χ1n) is 16.0. The summed E-state index contributed by atoms with van der Waals surface area (Å²) in [5.41, 5.74) is 3.36. The molecule has 0 aromatic carbocycles. The fraction of sp³-hybridized carbons (Fsp3) is 0.353. The number of carbonyl (C=O) groups excluding carboxylic acids is 1. The molecule has 1 aliphatic carbocycles. The summed E-state index contributed by atoms with van der Waals surface area (Å²) in [4.78, 5) is 54.5. The van der Waals surface area contributed by atoms with Gasteiger partial charge in [-0.3, -0.25) is 19.3 Å². The van der Waals surface area contributed by atoms with Crippen LogP contribution in [0, 0.1) is 0 Å². The Morgan fingerprint density at radius 1 is 1.00 bits per heavy atom. The Bertz CT molecular complexity index is 2110. The maximum Gasteiger partial charge on any atom is 0.290 e. The Balaban J connectivity index is 1.08. The second kappa shape index (κ2) is 12.1. The lowest BCUT2D eigenvalue weighted by molar-refractivity contribution is -0.0660. The van der Waals surface area contributed by atoms with E-state index in [-0.39, 0.29) is 22.5 Å². The number of nitrogens with one attached hydrogen (secondary N) is 1. The average molecular weight is 651 g/mol. The average Bonchev–Trinajstić information content (AvgIpc) is 3.46. The number of piperazine rings is 1. The van der Waals surface area contributed by atoms with Gasteiger partial charge >= 0.3 is 0 Å². The minimum absolute atomic E-state index is 0.151. The molecule has 0 amide bonds. The van der Waals surface area contributed by atoms with Crippen LogP contribution in [0.15, 0.2) is 58.6 Å². The highest BCUT2D eigenvalue weighted by Gasteiger charge is 2.29. The molecule has 13 heteroatoms. The molecule has 0 saturated carbocycles. The van der Waals surface area contributed by atoms with Gasteiger partial charge in [-0.2, -0.15) is 9.78 Å². The number of hydrogen-bond donors (Lipinski definition) is 1. The Hall–Kier alpha value is -4.72. The van der Waals surface area contributed by atoms with Crippen molar-refractivity contribution < 1.29 is 9.53 Å². The van der Waals surface area contributed by atoms with Crippen molar-refractivity contribution in [1.29, 1.82) is 0 Å². The molecule has 240 valence electrons. The highest BCUT2D eigenvalue weighted by molar-refractivity contribution is 7.19. The van der Waals surface area contributed by atoms with E-state index in [1.165, 1.54) is 31.0 Å². The monoisotopic (exact) mass is 650 g/mol. The number of thiophene rings is 1. The second-order valence-corrected chi connectivity index (χ2v) is 13.4. The number of rotatable bonds is 7. The van der Waals surface area contributed by atoms with E-state index in [0.717, 1.165) is 76.1 Å². The standard InChI is InChI=1S/C34H34N8O4S/c1-39-17-21(14-28(33(39)44)38-30-7-6-22(15-36-30)40-10-12-41(13-11-40)23-19-46-20-23)24-8-9-35-32(27(24)18-43)42-34(45)31-26(16-37-42)25-4-2-3-5-29(25)47-31/h6-9,14-18,23H,2-5,10-13,19-20H2,1H3,(H,36,38). The fourth-order valence-corrected chi connectivity index (χ4v) is 8.10. The zero-order valence-electron chi connectivity index (χ0n) is 26.0. The number of hydrogen-bond acceptors (Lipinski definition) is 11. The van der Waals surface area contributed by atoms with Gasteiger partial charge < -0.3 is 19.5 Å². The number of ether oxygens (including phenoxy) is 1. The van der Waals surface area contributed by atoms with Gasteiger partial charge in [0.2, 0.25) is 0 Å². The topological polar surface area (TPSA) is 127 Å². The van der Waals surface area contributed by atoms with Gasteiger partial charge in [0, 0.05) is 61.4 Å². The van der Waals surface area contributed by atoms with Crippen molar-refractivity contribution >= 4 is 44.9 Å². The molecular formula is C34H34N8O4S. The van der Waals surface area contributed by atoms with E-state index in [2.05, 4.69) is 30.2 Å². The van der Waals surface area contributed by atoms with Gasteiger partial charge in [0.05, 0.1) is 42.9 Å². The lowest BCUT2D eigenvalue weighted by Crippen LogP contribution is -2.56. The number of aryl methyl sites for hydroxylation is 3. The van der Waals surface area contributed by atoms with Crippen LogP contribution in [0.2, 0.25) is 0 Å². The first kappa shape index (κ1) is 29.7. The van der Waals surface area contributed by atoms with Crippen LogP contribution in [0.1, 0.15) is 33.6 Å². The summed E-state index contributed by atoms with van der Waals surface area (Å²) in [5.74, 6) is 0.681. The highest BCUT2D eigenvalue weighted by atomic mass is 32.1. The molecule has 0 atom stereocenters. The molecule has 0 radical (unpaired) electrons. The number of aldehydes is 1. The summed E-state index contributed by atoms with van der Waals surface area (Å²) in [6.45, 7) is 5.48. The maximum atomic E-state index is 13.7. The zero-order valence-corrected chi connectivity index (χ0v) is 26.8. The molecule has 8 rings (SSSR count). The number of pyridine rings is 3. The summed E-state index contributed by atoms with van der Waals surface area (Å²) in [7, 11) is 1.66. The van der Waals surface area contributed by atoms with Gasteiger partial charge in [-0.25, -0.2) is 9.97 Å². The van der Waals surface area contributed by atoms with Crippen LogP contribution in [0.25, 0.3) is 27.0 Å². The lowest BCUT2D eigenvalue weighted by atomic mass is 9.97. The van der Waals surface area contributed by atoms with Crippen LogP contribution in [-0.4, -0.2) is 80.9 Å². The molecule has 2 saturated heterocycles. The smallest absolute Gasteiger partial charge is 0.290 e. The summed E-state index contributed by atoms with van der Waals surface area (Å²) in [6, 6.07) is 7.82. The second-order valence-electron chi connectivity index (χ2n) is 12.3. The van der Waals surface area contributed by atoms with Gasteiger partial charge in [-0.15, -0.1) is 11.3 Å². The van der Waals surface area contributed by atoms with Gasteiger partial charge in [0.25, 0.3) is 11.1 Å². The molecule has 0 spiro atoms. The molecule has 0 bridgehead atoms. The first-order chi connectivity index (χ1) is 23.0. The van der Waals surface area contributed by atoms with Crippen LogP contribution in [-0.2, 0) is 24.6 Å². The predicted octanol–water partition coefficient (Wildman–Crippen LogP) is 3.56. The molecule has 3 aliphatic rings. The summed E-state index contributed by atoms with van der Waals surface area (Å²) >= 11 is 1.52. The van der Waals surface area contributed by atoms with Gasteiger partial charge in [0.1, 0.15) is 16.2 Å². The Labute approximate surface area is 274 Å². The van der Waals surface area contributed by atoms with E-state index >= 15 is 0 Å². The summed E-state index contributed by atoms with van der Waals surface area (Å²) < 4.78 is 8.65. The molecule has 7 heterocycles. The molecule has 1 N–H and O–H groups in total. The van der Waals surface area contributed by atoms with Crippen molar-refractivity contribution in [2.24, 2.45) is 7.05 Å². The molecule has 2 fully saturated rings. The summed E-state index contributed by atoms with van der Waals surface area (Å²) in [5, 5.41) is 8.53. The van der Waals surface area contributed by atoms with Crippen LogP contribution < -0.4 is 21.3 Å². The van der Waals surface area contributed by atoms with E-state index in [4.69, 9.17) is 4.74 Å². The maximum absolute atomic E-state index is 13.7. The van der Waals surface area contributed by atoms with Crippen molar-refractivity contribution in [3.05, 3.63) is 85.8 Å². The van der Waals surface area contributed by atoms with Gasteiger partial charge in [-0.1, -0.05) is 0 Å². The van der Waals surface area contributed by atoms with E-state index in [9.17, 15) is 14.4 Å². The third kappa shape index (κ3) is 5.33. The third-order valence-electron chi connectivity index (χ3n) is 9.51. The Morgan fingerprint density at radius 3 is 2.57 bits per heavy atom. The Kier molecular flexibility index (Phi) is 7.66. The van der Waals surface area contributed by atoms with Crippen molar-refractivity contribution in [2.75, 3.05) is 49.6 Å². The van der Waals surface area contributed by atoms with Crippen LogP contribution in [0.4, 0.5) is 17.2 Å². The number of nitrogens with zero attached hydrogens (tertiary/aromatic N) is 7. The number of anilines is 3. The zero-order chi connectivity index (χ0) is 32.1. The largest absolute Gasteiger partial charge is 0.378 e. The van der Waals surface area contributed by atoms with Gasteiger partial charge in [-0.05, 0) is 61.1 Å². The molecule has 5 aromatic heterocycles. The first-order valence-corrected chi connectivity index (χ1v) is 16.8. The van der Waals surface area contributed by atoms with Crippen molar-refractivity contribution in [3.63, 3.8) is 0 Å². The minimum Gasteiger partial charge on any atom is -0.378 e. The normalized spacial score (nSPS) is 17.0. The SMILES string of the molecule is Cn1cc(-c2ccnc(-n3ncc4c5c(sc4c3=O)CCCC5)c2C=O)cc(Nc2ccc(N3CCN(C4COC4)CC3)cn2)c1=O. The molecular weight excluding hydrogens is 616 g/mol. The third-order valence-corrected chi connectivity index (χ3v) is 10.8. The lowest BCUT2D eigenvalue weighted by Gasteiger charge is -2.43. The van der Waals surface area contributed by atoms with Gasteiger partial charge in [0.15, 0.2) is 12.1 Å². The number of carbonyl (C=O) groups is 1. The predicted molar refractivity (Wildman–Crippen MR) is 182 cm³/mol. The van der Waals surface area contributed by atoms with Crippen molar-refractivity contribution in [1.82, 2.24) is 29.2 Å². The molecule has 0 unspecified atom stereocenters. The Morgan fingerprint density at radius 2 is 1.83 bits per heavy atom. The van der Waals surface area contributed by atoms with Crippen LogP contribution in [0.5, 0.6) is 0 Å².